The van der Waals surface area contributed by atoms with E-state index in [4.69, 9.17) is 9.47 Å². The lowest BCUT2D eigenvalue weighted by Crippen LogP contribution is -2.32. The minimum absolute atomic E-state index is 0.0654. The standard InChI is InChI=1S/C41H80N4O6/c1-5-7-9-11-13-15-23-36-50-40(48)26-19-17-21-30-42-38(46)28-34-44(3)32-25-33-45(4)35-29-39(47)43-31-22-18-20-27-41(49)51-37-24-16-14-12-10-8-6-2/h5-37H2,1-4H3,(H,42,46)(H,43,47). The van der Waals surface area contributed by atoms with Crippen LogP contribution in [0.2, 0.25) is 0 Å². The first-order valence-electron chi connectivity index (χ1n) is 21.0. The molecule has 0 aromatic rings. The van der Waals surface area contributed by atoms with E-state index in [0.717, 1.165) is 83.7 Å². The number of hydrogen-bond acceptors (Lipinski definition) is 8. The zero-order chi connectivity index (χ0) is 37.6. The summed E-state index contributed by atoms with van der Waals surface area (Å²) in [5.74, 6) is -0.0759. The minimum Gasteiger partial charge on any atom is -0.466 e. The van der Waals surface area contributed by atoms with Crippen LogP contribution in [0.4, 0.5) is 0 Å². The van der Waals surface area contributed by atoms with Gasteiger partial charge < -0.3 is 29.9 Å². The number of carbonyl (C=O) groups is 4. The van der Waals surface area contributed by atoms with Gasteiger partial charge in [0.25, 0.3) is 0 Å². The molecule has 0 aliphatic rings. The molecule has 0 saturated heterocycles. The van der Waals surface area contributed by atoms with Gasteiger partial charge in [-0.15, -0.1) is 0 Å². The van der Waals surface area contributed by atoms with E-state index in [1.165, 1.54) is 64.2 Å². The second-order valence-corrected chi connectivity index (χ2v) is 14.5. The molecule has 0 spiro atoms. The Balaban J connectivity index is 3.58. The molecule has 0 heterocycles. The van der Waals surface area contributed by atoms with Gasteiger partial charge in [-0.05, 0) is 72.1 Å². The largest absolute Gasteiger partial charge is 0.466 e. The number of nitrogens with zero attached hydrogens (tertiary/aromatic N) is 2. The van der Waals surface area contributed by atoms with Crippen LogP contribution in [-0.2, 0) is 28.7 Å². The fourth-order valence-electron chi connectivity index (χ4n) is 5.83. The molecule has 0 radical (unpaired) electrons. The molecule has 2 N–H and O–H groups in total. The Morgan fingerprint density at radius 3 is 1.16 bits per heavy atom. The van der Waals surface area contributed by atoms with Crippen LogP contribution in [-0.4, -0.2) is 100 Å². The summed E-state index contributed by atoms with van der Waals surface area (Å²) in [7, 11) is 4.07. The summed E-state index contributed by atoms with van der Waals surface area (Å²) in [6.45, 7) is 10.0. The molecule has 0 unspecified atom stereocenters. The lowest BCUT2D eigenvalue weighted by Gasteiger charge is -2.20. The first-order valence-corrected chi connectivity index (χ1v) is 21.0. The van der Waals surface area contributed by atoms with Gasteiger partial charge in [-0.2, -0.15) is 0 Å². The molecule has 0 atom stereocenters. The Hall–Kier alpha value is -2.20. The Bertz CT molecular complexity index is 777. The van der Waals surface area contributed by atoms with Gasteiger partial charge in [0.05, 0.1) is 13.2 Å². The van der Waals surface area contributed by atoms with E-state index in [0.29, 0.717) is 65.1 Å². The maximum absolute atomic E-state index is 12.2. The molecule has 10 nitrogen and oxygen atoms in total. The molecule has 0 fully saturated rings. The summed E-state index contributed by atoms with van der Waals surface area (Å²) in [6.07, 6.45) is 24.9. The van der Waals surface area contributed by atoms with Crippen LogP contribution < -0.4 is 10.6 Å². The third-order valence-electron chi connectivity index (χ3n) is 9.30. The molecule has 0 rings (SSSR count). The van der Waals surface area contributed by atoms with Crippen LogP contribution in [0.1, 0.15) is 174 Å². The molecular weight excluding hydrogens is 644 g/mol. The fourth-order valence-corrected chi connectivity index (χ4v) is 5.83. The van der Waals surface area contributed by atoms with Gasteiger partial charge in [-0.25, -0.2) is 0 Å². The number of ether oxygens (including phenoxy) is 2. The molecule has 300 valence electrons. The molecule has 0 aliphatic heterocycles. The van der Waals surface area contributed by atoms with Crippen molar-refractivity contribution in [1.29, 1.82) is 0 Å². The minimum atomic E-state index is -0.103. The molecule has 0 saturated carbocycles. The number of hydrogen-bond donors (Lipinski definition) is 2. The molecular formula is C41H80N4O6. The third kappa shape index (κ3) is 37.4. The van der Waals surface area contributed by atoms with E-state index in [9.17, 15) is 19.2 Å². The molecule has 0 aliphatic carbocycles. The quantitative estimate of drug-likeness (QED) is 0.0487. The van der Waals surface area contributed by atoms with Gasteiger partial charge in [0, 0.05) is 51.9 Å². The average Bonchev–Trinajstić information content (AvgIpc) is 3.11. The predicted molar refractivity (Wildman–Crippen MR) is 210 cm³/mol. The van der Waals surface area contributed by atoms with E-state index in [2.05, 4.69) is 34.3 Å². The lowest BCUT2D eigenvalue weighted by atomic mass is 10.1. The van der Waals surface area contributed by atoms with Crippen molar-refractivity contribution in [2.45, 2.75) is 174 Å². The van der Waals surface area contributed by atoms with E-state index < -0.39 is 0 Å². The Morgan fingerprint density at radius 2 is 0.765 bits per heavy atom. The van der Waals surface area contributed by atoms with E-state index in [1.807, 2.05) is 14.1 Å². The highest BCUT2D eigenvalue weighted by atomic mass is 16.5. The third-order valence-corrected chi connectivity index (χ3v) is 9.30. The predicted octanol–water partition coefficient (Wildman–Crippen LogP) is 7.96. The van der Waals surface area contributed by atoms with Crippen LogP contribution in [0.15, 0.2) is 0 Å². The summed E-state index contributed by atoms with van der Waals surface area (Å²) in [5, 5.41) is 5.98. The van der Waals surface area contributed by atoms with E-state index in [1.54, 1.807) is 0 Å². The monoisotopic (exact) mass is 725 g/mol. The van der Waals surface area contributed by atoms with E-state index >= 15 is 0 Å². The average molecular weight is 725 g/mol. The van der Waals surface area contributed by atoms with Crippen LogP contribution in [0, 0.1) is 0 Å². The van der Waals surface area contributed by atoms with Crippen molar-refractivity contribution in [3.8, 4) is 0 Å². The lowest BCUT2D eigenvalue weighted by molar-refractivity contribution is -0.144. The zero-order valence-electron chi connectivity index (χ0n) is 33.7. The second kappa shape index (κ2) is 37.6. The molecule has 51 heavy (non-hydrogen) atoms. The van der Waals surface area contributed by atoms with Gasteiger partial charge >= 0.3 is 11.9 Å². The van der Waals surface area contributed by atoms with Crippen LogP contribution in [0.3, 0.4) is 0 Å². The molecule has 2 amide bonds. The number of amides is 2. The maximum atomic E-state index is 12.2. The number of unbranched alkanes of at least 4 members (excludes halogenated alkanes) is 16. The highest BCUT2D eigenvalue weighted by Gasteiger charge is 2.08. The zero-order valence-corrected chi connectivity index (χ0v) is 33.7. The van der Waals surface area contributed by atoms with Crippen molar-refractivity contribution in [1.82, 2.24) is 20.4 Å². The van der Waals surface area contributed by atoms with Gasteiger partial charge in [-0.3, -0.25) is 19.2 Å². The van der Waals surface area contributed by atoms with Crippen LogP contribution >= 0.6 is 0 Å². The highest BCUT2D eigenvalue weighted by Crippen LogP contribution is 2.09. The molecule has 10 heteroatoms. The summed E-state index contributed by atoms with van der Waals surface area (Å²) in [4.78, 5) is 52.6. The number of carbonyl (C=O) groups excluding carboxylic acids is 4. The smallest absolute Gasteiger partial charge is 0.305 e. The van der Waals surface area contributed by atoms with Crippen molar-refractivity contribution >= 4 is 23.8 Å². The van der Waals surface area contributed by atoms with Gasteiger partial charge in [-0.1, -0.05) is 104 Å². The summed E-state index contributed by atoms with van der Waals surface area (Å²) in [5.41, 5.74) is 0. The Kier molecular flexibility index (Phi) is 35.9. The van der Waals surface area contributed by atoms with Crippen molar-refractivity contribution < 1.29 is 28.7 Å². The first kappa shape index (κ1) is 48.8. The van der Waals surface area contributed by atoms with Gasteiger partial charge in [0.1, 0.15) is 0 Å². The molecule has 0 aromatic heterocycles. The first-order chi connectivity index (χ1) is 24.8. The fraction of sp³-hybridized carbons (Fsp3) is 0.902. The number of rotatable bonds is 38. The van der Waals surface area contributed by atoms with Gasteiger partial charge in [0.15, 0.2) is 0 Å². The Morgan fingerprint density at radius 1 is 0.412 bits per heavy atom. The normalized spacial score (nSPS) is 11.3. The molecule has 0 aromatic carbocycles. The van der Waals surface area contributed by atoms with Crippen LogP contribution in [0.25, 0.3) is 0 Å². The number of nitrogens with one attached hydrogen (secondary N) is 2. The van der Waals surface area contributed by atoms with Crippen molar-refractivity contribution in [3.05, 3.63) is 0 Å². The van der Waals surface area contributed by atoms with Crippen molar-refractivity contribution in [2.75, 3.05) is 66.6 Å². The van der Waals surface area contributed by atoms with Gasteiger partial charge in [0.2, 0.25) is 11.8 Å². The van der Waals surface area contributed by atoms with Crippen molar-refractivity contribution in [3.63, 3.8) is 0 Å². The topological polar surface area (TPSA) is 117 Å². The van der Waals surface area contributed by atoms with E-state index in [-0.39, 0.29) is 23.8 Å². The summed E-state index contributed by atoms with van der Waals surface area (Å²) in [6, 6.07) is 0. The maximum Gasteiger partial charge on any atom is 0.305 e. The SMILES string of the molecule is CCCCCCCCCOC(=O)CCCCCNC(=O)CCN(C)CCCN(C)CCC(=O)NCCCCCC(=O)OCCCCCCCCC. The number of esters is 2. The summed E-state index contributed by atoms with van der Waals surface area (Å²) < 4.78 is 10.7. The Labute approximate surface area is 313 Å². The molecule has 0 bridgehead atoms. The second-order valence-electron chi connectivity index (χ2n) is 14.5. The highest BCUT2D eigenvalue weighted by molar-refractivity contribution is 5.76. The van der Waals surface area contributed by atoms with Crippen molar-refractivity contribution in [2.24, 2.45) is 0 Å². The van der Waals surface area contributed by atoms with Crippen LogP contribution in [0.5, 0.6) is 0 Å². The summed E-state index contributed by atoms with van der Waals surface area (Å²) >= 11 is 0.